The normalized spacial score (nSPS) is 27.6. The number of carbonyl (C=O) groups excluding carboxylic acids is 3. The zero-order chi connectivity index (χ0) is 21.4. The summed E-state index contributed by atoms with van der Waals surface area (Å²) in [7, 11) is 0. The van der Waals surface area contributed by atoms with Crippen LogP contribution in [0.5, 0.6) is 0 Å². The number of piperazine rings is 1. The molecule has 2 N–H and O–H groups in total. The Labute approximate surface area is 182 Å². The Morgan fingerprint density at radius 2 is 1.81 bits per heavy atom. The molecule has 166 valence electrons. The third-order valence-corrected chi connectivity index (χ3v) is 7.18. The van der Waals surface area contributed by atoms with Crippen molar-refractivity contribution in [3.8, 4) is 0 Å². The van der Waals surface area contributed by atoms with E-state index in [-0.39, 0.29) is 24.1 Å². The van der Waals surface area contributed by atoms with Gasteiger partial charge >= 0.3 is 0 Å². The van der Waals surface area contributed by atoms with Gasteiger partial charge < -0.3 is 15.1 Å². The average molecular weight is 426 g/mol. The number of imide groups is 1. The number of carbonyl (C=O) groups is 3. The predicted molar refractivity (Wildman–Crippen MR) is 115 cm³/mol. The van der Waals surface area contributed by atoms with Gasteiger partial charge in [-0.05, 0) is 43.0 Å². The minimum absolute atomic E-state index is 0.0764. The number of nitrogens with one attached hydrogen (secondary N) is 2. The highest BCUT2D eigenvalue weighted by Gasteiger charge is 2.40. The van der Waals surface area contributed by atoms with Gasteiger partial charge in [0.25, 0.3) is 5.91 Å². The average Bonchev–Trinajstić information content (AvgIpc) is 3.38. The van der Waals surface area contributed by atoms with Gasteiger partial charge in [-0.1, -0.05) is 18.2 Å². The van der Waals surface area contributed by atoms with Crippen molar-refractivity contribution in [2.75, 3.05) is 45.8 Å². The summed E-state index contributed by atoms with van der Waals surface area (Å²) in [5, 5.41) is 5.82. The van der Waals surface area contributed by atoms with Crippen molar-refractivity contribution in [3.63, 3.8) is 0 Å². The molecule has 2 unspecified atom stereocenters. The molecule has 0 spiro atoms. The predicted octanol–water partition coefficient (Wildman–Crippen LogP) is 0.175. The molecule has 4 aliphatic rings. The minimum atomic E-state index is -0.556. The van der Waals surface area contributed by atoms with Gasteiger partial charge in [0.2, 0.25) is 11.8 Å². The van der Waals surface area contributed by atoms with Crippen LogP contribution in [0.3, 0.4) is 0 Å². The Morgan fingerprint density at radius 1 is 1.00 bits per heavy atom. The molecule has 5 rings (SSSR count). The van der Waals surface area contributed by atoms with Gasteiger partial charge in [-0.3, -0.25) is 24.6 Å². The van der Waals surface area contributed by atoms with E-state index in [1.165, 1.54) is 13.0 Å². The quantitative estimate of drug-likeness (QED) is 0.655. The molecule has 0 saturated carbocycles. The van der Waals surface area contributed by atoms with Crippen molar-refractivity contribution in [2.45, 2.75) is 38.4 Å². The molecule has 1 aromatic carbocycles. The molecule has 2 atom stereocenters. The van der Waals surface area contributed by atoms with Crippen molar-refractivity contribution in [2.24, 2.45) is 5.92 Å². The summed E-state index contributed by atoms with van der Waals surface area (Å²) in [4.78, 5) is 43.7. The molecule has 3 fully saturated rings. The van der Waals surface area contributed by atoms with E-state index < -0.39 is 6.04 Å². The first-order valence-corrected chi connectivity index (χ1v) is 11.5. The fourth-order valence-corrected chi connectivity index (χ4v) is 5.43. The van der Waals surface area contributed by atoms with Crippen LogP contribution in [0.4, 0.5) is 0 Å². The van der Waals surface area contributed by atoms with Gasteiger partial charge in [-0.25, -0.2) is 0 Å². The van der Waals surface area contributed by atoms with Crippen molar-refractivity contribution < 1.29 is 14.4 Å². The van der Waals surface area contributed by atoms with Crippen LogP contribution in [-0.2, 0) is 22.7 Å². The zero-order valence-corrected chi connectivity index (χ0v) is 17.9. The van der Waals surface area contributed by atoms with Gasteiger partial charge in [0.05, 0.1) is 0 Å². The number of piperidine rings is 1. The Bertz CT molecular complexity index is 874. The molecule has 0 radical (unpaired) electrons. The Kier molecular flexibility index (Phi) is 5.77. The first-order valence-electron chi connectivity index (χ1n) is 11.5. The molecule has 1 aromatic rings. The largest absolute Gasteiger partial charge is 0.322 e. The maximum Gasteiger partial charge on any atom is 0.255 e. The molecule has 0 aliphatic carbocycles. The maximum absolute atomic E-state index is 13.3. The van der Waals surface area contributed by atoms with Crippen LogP contribution < -0.4 is 10.6 Å². The molecule has 0 aromatic heterocycles. The highest BCUT2D eigenvalue weighted by molar-refractivity contribution is 6.05. The number of rotatable bonds is 5. The van der Waals surface area contributed by atoms with Gasteiger partial charge in [0, 0.05) is 57.8 Å². The van der Waals surface area contributed by atoms with Crippen LogP contribution in [0.1, 0.15) is 40.7 Å². The van der Waals surface area contributed by atoms with Gasteiger partial charge in [-0.15, -0.1) is 0 Å². The lowest BCUT2D eigenvalue weighted by Gasteiger charge is -2.36. The smallest absolute Gasteiger partial charge is 0.255 e. The number of benzene rings is 1. The first kappa shape index (κ1) is 20.6. The third-order valence-electron chi connectivity index (χ3n) is 7.18. The summed E-state index contributed by atoms with van der Waals surface area (Å²) in [6.07, 6.45) is 1.96. The minimum Gasteiger partial charge on any atom is -0.322 e. The summed E-state index contributed by atoms with van der Waals surface area (Å²) >= 11 is 0. The van der Waals surface area contributed by atoms with E-state index >= 15 is 0 Å². The Balaban J connectivity index is 1.22. The van der Waals surface area contributed by atoms with E-state index in [1.54, 1.807) is 4.90 Å². The molecule has 3 amide bonds. The van der Waals surface area contributed by atoms with Crippen molar-refractivity contribution in [3.05, 3.63) is 34.9 Å². The monoisotopic (exact) mass is 425 g/mol. The van der Waals surface area contributed by atoms with Crippen molar-refractivity contribution >= 4 is 17.7 Å². The summed E-state index contributed by atoms with van der Waals surface area (Å²) in [6.45, 7) is 8.83. The molecular weight excluding hydrogens is 394 g/mol. The standard InChI is InChI=1S/C23H31N5O3/c29-20-5-4-19(22(30)25-20)28-15-18-3-1-2-17(21(18)23(28)31)14-27-10-8-26(9-11-27)13-16-6-7-24-12-16/h1-3,16,19,24H,4-15H2,(H,25,29,30). The van der Waals surface area contributed by atoms with Crippen LogP contribution in [0, 0.1) is 5.92 Å². The van der Waals surface area contributed by atoms with E-state index in [2.05, 4.69) is 20.4 Å². The van der Waals surface area contributed by atoms with E-state index in [0.29, 0.717) is 13.0 Å². The van der Waals surface area contributed by atoms with Gasteiger partial charge in [0.15, 0.2) is 0 Å². The highest BCUT2D eigenvalue weighted by atomic mass is 16.2. The van der Waals surface area contributed by atoms with Crippen LogP contribution in [0.15, 0.2) is 18.2 Å². The van der Waals surface area contributed by atoms with E-state index in [4.69, 9.17) is 0 Å². The number of hydrogen-bond acceptors (Lipinski definition) is 6. The summed E-state index contributed by atoms with van der Waals surface area (Å²) in [5.74, 6) is 0.0919. The molecule has 0 bridgehead atoms. The van der Waals surface area contributed by atoms with Crippen LogP contribution in [-0.4, -0.2) is 84.3 Å². The van der Waals surface area contributed by atoms with Crippen LogP contribution in [0.25, 0.3) is 0 Å². The lowest BCUT2D eigenvalue weighted by molar-refractivity contribution is -0.136. The maximum atomic E-state index is 13.3. The molecule has 4 heterocycles. The number of nitrogens with zero attached hydrogens (tertiary/aromatic N) is 3. The summed E-state index contributed by atoms with van der Waals surface area (Å²) in [5.41, 5.74) is 2.79. The Morgan fingerprint density at radius 3 is 2.55 bits per heavy atom. The molecular formula is C23H31N5O3. The van der Waals surface area contributed by atoms with Gasteiger partial charge in [-0.2, -0.15) is 0 Å². The molecule has 31 heavy (non-hydrogen) atoms. The van der Waals surface area contributed by atoms with Crippen molar-refractivity contribution in [1.82, 2.24) is 25.3 Å². The molecule has 4 aliphatic heterocycles. The summed E-state index contributed by atoms with van der Waals surface area (Å²) < 4.78 is 0. The van der Waals surface area contributed by atoms with E-state index in [0.717, 1.165) is 68.4 Å². The topological polar surface area (TPSA) is 85.0 Å². The van der Waals surface area contributed by atoms with Crippen molar-refractivity contribution in [1.29, 1.82) is 0 Å². The second kappa shape index (κ2) is 8.68. The lowest BCUT2D eigenvalue weighted by Crippen LogP contribution is -2.52. The Hall–Kier alpha value is -2.29. The number of amides is 3. The number of hydrogen-bond donors (Lipinski definition) is 2. The van der Waals surface area contributed by atoms with Gasteiger partial charge in [0.1, 0.15) is 6.04 Å². The fraction of sp³-hybridized carbons (Fsp3) is 0.609. The lowest BCUT2D eigenvalue weighted by atomic mass is 10.0. The second-order valence-corrected chi connectivity index (χ2v) is 9.29. The second-order valence-electron chi connectivity index (χ2n) is 9.29. The number of fused-ring (bicyclic) bond motifs is 1. The summed E-state index contributed by atoms with van der Waals surface area (Å²) in [6, 6.07) is 5.48. The molecule has 8 nitrogen and oxygen atoms in total. The van der Waals surface area contributed by atoms with E-state index in [1.807, 2.05) is 18.2 Å². The first-order chi connectivity index (χ1) is 15.1. The SMILES string of the molecule is O=C1CCC(N2Cc3cccc(CN4CCN(CC5CCNC5)CC4)c3C2=O)C(=O)N1. The third kappa shape index (κ3) is 4.24. The fourth-order valence-electron chi connectivity index (χ4n) is 5.43. The molecule has 8 heteroatoms. The van der Waals surface area contributed by atoms with Crippen LogP contribution >= 0.6 is 0 Å². The highest BCUT2D eigenvalue weighted by Crippen LogP contribution is 2.30. The van der Waals surface area contributed by atoms with Crippen LogP contribution in [0.2, 0.25) is 0 Å². The van der Waals surface area contributed by atoms with E-state index in [9.17, 15) is 14.4 Å². The molecule has 3 saturated heterocycles. The zero-order valence-electron chi connectivity index (χ0n) is 17.9.